The molecule has 1 heterocycles. The number of methoxy groups -OCH3 is 2. The molecule has 216 valence electrons. The van der Waals surface area contributed by atoms with E-state index in [1.165, 1.54) is 34.4 Å². The molecule has 11 heteroatoms. The highest BCUT2D eigenvalue weighted by molar-refractivity contribution is 7.90. The highest BCUT2D eigenvalue weighted by atomic mass is 32.2. The maximum absolute atomic E-state index is 12.8. The van der Waals surface area contributed by atoms with Gasteiger partial charge in [0, 0.05) is 23.1 Å². The number of ether oxygens (including phenoxy) is 2. The molecule has 2 N–H and O–H groups in total. The van der Waals surface area contributed by atoms with Gasteiger partial charge in [0.25, 0.3) is 15.9 Å². The second kappa shape index (κ2) is 13.7. The lowest BCUT2D eigenvalue weighted by atomic mass is 10.1. The van der Waals surface area contributed by atoms with Crippen molar-refractivity contribution in [2.45, 2.75) is 37.4 Å². The van der Waals surface area contributed by atoms with E-state index >= 15 is 0 Å². The molecule has 3 aromatic carbocycles. The number of aryl methyl sites for hydroxylation is 1. The lowest BCUT2D eigenvalue weighted by molar-refractivity contribution is -0.00543. The maximum atomic E-state index is 12.8. The van der Waals surface area contributed by atoms with Crippen LogP contribution in [0, 0.1) is 6.92 Å². The number of carbonyl (C=O) groups is 1. The number of rotatable bonds is 13. The third-order valence-corrected chi connectivity index (χ3v) is 8.76. The van der Waals surface area contributed by atoms with Crippen LogP contribution < -0.4 is 14.2 Å². The molecular weight excluding hydrogens is 562 g/mol. The molecule has 0 fully saturated rings. The summed E-state index contributed by atoms with van der Waals surface area (Å²) in [6, 6.07) is 21.3. The third-order valence-electron chi connectivity index (χ3n) is 6.58. The molecule has 41 heavy (non-hydrogen) atoms. The monoisotopic (exact) mass is 595 g/mol. The van der Waals surface area contributed by atoms with Crippen LogP contribution in [0.15, 0.2) is 83.1 Å². The van der Waals surface area contributed by atoms with Gasteiger partial charge in [0.15, 0.2) is 0 Å². The fourth-order valence-corrected chi connectivity index (χ4v) is 6.16. The smallest absolute Gasteiger partial charge is 0.284 e. The average Bonchev–Trinajstić information content (AvgIpc) is 3.46. The van der Waals surface area contributed by atoms with Crippen LogP contribution in [0.3, 0.4) is 0 Å². The molecule has 1 aromatic heterocycles. The first-order valence-corrected chi connectivity index (χ1v) is 15.3. The molecule has 4 aromatic rings. The minimum atomic E-state index is -4.04. The van der Waals surface area contributed by atoms with E-state index in [9.17, 15) is 18.3 Å². The molecule has 0 aliphatic carbocycles. The Labute approximate surface area is 244 Å². The number of hydrogen-bond acceptors (Lipinski definition) is 9. The Morgan fingerprint density at radius 3 is 2.24 bits per heavy atom. The van der Waals surface area contributed by atoms with Crippen molar-refractivity contribution in [3.63, 3.8) is 0 Å². The van der Waals surface area contributed by atoms with Crippen molar-refractivity contribution in [1.82, 2.24) is 14.6 Å². The van der Waals surface area contributed by atoms with Gasteiger partial charge in [-0.1, -0.05) is 48.5 Å². The average molecular weight is 596 g/mol. The Morgan fingerprint density at radius 2 is 1.63 bits per heavy atom. The van der Waals surface area contributed by atoms with E-state index in [0.717, 1.165) is 18.4 Å². The van der Waals surface area contributed by atoms with Crippen LogP contribution in [0.5, 0.6) is 11.5 Å². The van der Waals surface area contributed by atoms with Crippen LogP contribution in [0.25, 0.3) is 0 Å². The van der Waals surface area contributed by atoms with Gasteiger partial charge in [0.05, 0.1) is 25.7 Å². The van der Waals surface area contributed by atoms with Crippen molar-refractivity contribution in [2.24, 2.45) is 0 Å². The first-order chi connectivity index (χ1) is 19.7. The summed E-state index contributed by atoms with van der Waals surface area (Å²) in [5.41, 5.74) is 2.59. The van der Waals surface area contributed by atoms with Crippen LogP contribution in [-0.4, -0.2) is 50.1 Å². The van der Waals surface area contributed by atoms with E-state index in [1.807, 2.05) is 30.0 Å². The third kappa shape index (κ3) is 7.70. The summed E-state index contributed by atoms with van der Waals surface area (Å²) in [5.74, 6) is 0.367. The van der Waals surface area contributed by atoms with Crippen LogP contribution in [0.2, 0.25) is 0 Å². The van der Waals surface area contributed by atoms with E-state index < -0.39 is 22.2 Å². The minimum Gasteiger partial charge on any atom is -0.496 e. The standard InChI is InChI=1S/C30H33N3O6S2/c1-21-26(38-2)17-23(18-27(21)39-3)30(35)33(16-10-13-22-11-6-4-7-12-22)19-28-31-25(20-40-28)29(34)32-41(36,37)24-14-8-5-9-15-24/h4-9,11-12,14-15,17-18,20,30,35H,10,13,16,19H2,1-3H3,(H,32,34). The van der Waals surface area contributed by atoms with Gasteiger partial charge in [-0.3, -0.25) is 9.69 Å². The van der Waals surface area contributed by atoms with Crippen molar-refractivity contribution in [2.75, 3.05) is 20.8 Å². The number of sulfonamides is 1. The second-order valence-electron chi connectivity index (χ2n) is 9.36. The number of amides is 1. The van der Waals surface area contributed by atoms with Gasteiger partial charge in [0.1, 0.15) is 28.4 Å². The van der Waals surface area contributed by atoms with Crippen molar-refractivity contribution in [1.29, 1.82) is 0 Å². The van der Waals surface area contributed by atoms with Gasteiger partial charge < -0.3 is 14.6 Å². The summed E-state index contributed by atoms with van der Waals surface area (Å²) in [6.07, 6.45) is 0.553. The van der Waals surface area contributed by atoms with Gasteiger partial charge >= 0.3 is 0 Å². The van der Waals surface area contributed by atoms with E-state index in [-0.39, 0.29) is 17.1 Å². The van der Waals surface area contributed by atoms with Gasteiger partial charge in [-0.2, -0.15) is 0 Å². The number of aromatic nitrogens is 1. The fourth-order valence-electron chi connectivity index (χ4n) is 4.38. The zero-order valence-corrected chi connectivity index (χ0v) is 24.7. The molecule has 1 atom stereocenters. The number of aliphatic hydroxyl groups is 1. The summed E-state index contributed by atoms with van der Waals surface area (Å²) in [6.45, 7) is 2.64. The summed E-state index contributed by atoms with van der Waals surface area (Å²) < 4.78 is 38.3. The predicted molar refractivity (Wildman–Crippen MR) is 158 cm³/mol. The Bertz CT molecular complexity index is 1530. The van der Waals surface area contributed by atoms with Gasteiger partial charge in [-0.05, 0) is 49.6 Å². The van der Waals surface area contributed by atoms with Crippen molar-refractivity contribution >= 4 is 27.3 Å². The number of carbonyl (C=O) groups excluding carboxylic acids is 1. The predicted octanol–water partition coefficient (Wildman–Crippen LogP) is 4.71. The van der Waals surface area contributed by atoms with E-state index in [1.54, 1.807) is 44.6 Å². The van der Waals surface area contributed by atoms with Gasteiger partial charge in [0.2, 0.25) is 0 Å². The van der Waals surface area contributed by atoms with E-state index in [2.05, 4.69) is 21.8 Å². The van der Waals surface area contributed by atoms with Gasteiger partial charge in [-0.25, -0.2) is 18.1 Å². The summed E-state index contributed by atoms with van der Waals surface area (Å²) in [7, 11) is -0.905. The maximum Gasteiger partial charge on any atom is 0.284 e. The summed E-state index contributed by atoms with van der Waals surface area (Å²) in [5, 5.41) is 13.6. The van der Waals surface area contributed by atoms with E-state index in [4.69, 9.17) is 9.47 Å². The SMILES string of the molecule is COc1cc(C(O)N(CCCc2ccccc2)Cc2nc(C(=O)NS(=O)(=O)c3ccccc3)cs2)cc(OC)c1C. The molecule has 0 spiro atoms. The summed E-state index contributed by atoms with van der Waals surface area (Å²) in [4.78, 5) is 19.0. The number of benzene rings is 3. The van der Waals surface area contributed by atoms with Crippen molar-refractivity contribution in [3.8, 4) is 11.5 Å². The van der Waals surface area contributed by atoms with E-state index in [0.29, 0.717) is 28.6 Å². The first kappa shape index (κ1) is 30.2. The number of hydrogen-bond donors (Lipinski definition) is 2. The molecule has 0 bridgehead atoms. The molecule has 0 radical (unpaired) electrons. The van der Waals surface area contributed by atoms with Crippen molar-refractivity contribution < 1.29 is 27.8 Å². The summed E-state index contributed by atoms with van der Waals surface area (Å²) >= 11 is 1.22. The lowest BCUT2D eigenvalue weighted by Gasteiger charge is -2.28. The molecule has 9 nitrogen and oxygen atoms in total. The minimum absolute atomic E-state index is 0.0121. The van der Waals surface area contributed by atoms with Crippen LogP contribution >= 0.6 is 11.3 Å². The molecule has 0 aliphatic rings. The highest BCUT2D eigenvalue weighted by Gasteiger charge is 2.24. The largest absolute Gasteiger partial charge is 0.496 e. The zero-order valence-electron chi connectivity index (χ0n) is 23.1. The molecule has 1 unspecified atom stereocenters. The van der Waals surface area contributed by atoms with Crippen LogP contribution in [0.1, 0.15) is 44.8 Å². The van der Waals surface area contributed by atoms with Crippen LogP contribution in [-0.2, 0) is 23.0 Å². The topological polar surface area (TPSA) is 118 Å². The first-order valence-electron chi connectivity index (χ1n) is 13.0. The number of nitrogens with zero attached hydrogens (tertiary/aromatic N) is 2. The zero-order chi connectivity index (χ0) is 29.4. The Kier molecular flexibility index (Phi) is 10.1. The fraction of sp³-hybridized carbons (Fsp3) is 0.267. The normalized spacial score (nSPS) is 12.2. The Hall–Kier alpha value is -3.77. The molecule has 0 aliphatic heterocycles. The van der Waals surface area contributed by atoms with Gasteiger partial charge in [-0.15, -0.1) is 11.3 Å². The molecule has 1 amide bonds. The number of aliphatic hydroxyl groups excluding tert-OH is 1. The molecule has 0 saturated heterocycles. The molecular formula is C30H33N3O6S2. The highest BCUT2D eigenvalue weighted by Crippen LogP contribution is 2.34. The molecule has 4 rings (SSSR count). The lowest BCUT2D eigenvalue weighted by Crippen LogP contribution is -2.31. The van der Waals surface area contributed by atoms with Crippen LogP contribution in [0.4, 0.5) is 0 Å². The Morgan fingerprint density at radius 1 is 1.02 bits per heavy atom. The van der Waals surface area contributed by atoms with Crippen molar-refractivity contribution in [3.05, 3.63) is 106 Å². The quantitative estimate of drug-likeness (QED) is 0.213. The number of thiazole rings is 1. The number of nitrogens with one attached hydrogen (secondary N) is 1. The molecule has 0 saturated carbocycles. The second-order valence-corrected chi connectivity index (χ2v) is 12.0. The Balaban J connectivity index is 1.53.